The van der Waals surface area contributed by atoms with Gasteiger partial charge < -0.3 is 9.84 Å². The molecule has 7 heteroatoms. The molecule has 1 heterocycles. The zero-order valence-corrected chi connectivity index (χ0v) is 8.26. The number of aromatic nitrogens is 1. The van der Waals surface area contributed by atoms with Crippen LogP contribution in [0.25, 0.3) is 0 Å². The average molecular weight is 272 g/mol. The second kappa shape index (κ2) is 4.04. The van der Waals surface area contributed by atoms with Crippen LogP contribution in [0.2, 0.25) is 0 Å². The van der Waals surface area contributed by atoms with Crippen LogP contribution >= 0.6 is 15.9 Å². The lowest BCUT2D eigenvalue weighted by atomic mass is 10.2. The average Bonchev–Trinajstić information content (AvgIpc) is 2.01. The summed E-state index contributed by atoms with van der Waals surface area (Å²) in [7, 11) is 0. The van der Waals surface area contributed by atoms with Gasteiger partial charge in [0.15, 0.2) is 5.75 Å². The molecular weight excluding hydrogens is 267 g/mol. The second-order valence-corrected chi connectivity index (χ2v) is 2.88. The monoisotopic (exact) mass is 271 g/mol. The van der Waals surface area contributed by atoms with Crippen LogP contribution in [0.4, 0.5) is 13.2 Å². The van der Waals surface area contributed by atoms with E-state index < -0.39 is 12.1 Å². The highest BCUT2D eigenvalue weighted by atomic mass is 79.9. The van der Waals surface area contributed by atoms with Gasteiger partial charge in [-0.2, -0.15) is 0 Å². The molecule has 0 aliphatic heterocycles. The van der Waals surface area contributed by atoms with E-state index in [0.29, 0.717) is 0 Å². The van der Waals surface area contributed by atoms with Crippen molar-refractivity contribution in [2.24, 2.45) is 0 Å². The lowest BCUT2D eigenvalue weighted by molar-refractivity contribution is -0.275. The summed E-state index contributed by atoms with van der Waals surface area (Å²) in [6, 6.07) is 0. The smallest absolute Gasteiger partial charge is 0.506 e. The predicted octanol–water partition coefficient (Wildman–Crippen LogP) is 2.58. The molecule has 0 bridgehead atoms. The van der Waals surface area contributed by atoms with E-state index in [9.17, 15) is 13.2 Å². The van der Waals surface area contributed by atoms with Crippen LogP contribution < -0.4 is 4.74 Å². The van der Waals surface area contributed by atoms with E-state index >= 15 is 0 Å². The summed E-state index contributed by atoms with van der Waals surface area (Å²) in [5.74, 6) is -0.849. The number of nitrogens with zero attached hydrogens (tertiary/aromatic N) is 1. The highest BCUT2D eigenvalue weighted by molar-refractivity contribution is 9.08. The number of hydrogen-bond donors (Lipinski definition) is 1. The fourth-order valence-corrected chi connectivity index (χ4v) is 1.37. The number of alkyl halides is 4. The van der Waals surface area contributed by atoms with Crippen molar-refractivity contribution in [3.05, 3.63) is 18.0 Å². The van der Waals surface area contributed by atoms with Crippen molar-refractivity contribution in [2.45, 2.75) is 11.7 Å². The Morgan fingerprint density at radius 1 is 1.43 bits per heavy atom. The molecular formula is C7H5BrF3NO2. The van der Waals surface area contributed by atoms with Crippen molar-refractivity contribution in [3.63, 3.8) is 0 Å². The van der Waals surface area contributed by atoms with Gasteiger partial charge in [0.25, 0.3) is 0 Å². The lowest BCUT2D eigenvalue weighted by Crippen LogP contribution is -2.18. The maximum Gasteiger partial charge on any atom is 0.573 e. The molecule has 0 aromatic carbocycles. The van der Waals surface area contributed by atoms with Crippen molar-refractivity contribution in [1.29, 1.82) is 0 Å². The Bertz CT molecular complexity index is 329. The van der Waals surface area contributed by atoms with Gasteiger partial charge in [0, 0.05) is 5.33 Å². The van der Waals surface area contributed by atoms with Crippen LogP contribution in [0, 0.1) is 0 Å². The molecule has 78 valence electrons. The fourth-order valence-electron chi connectivity index (χ4n) is 0.805. The number of hydrogen-bond acceptors (Lipinski definition) is 3. The second-order valence-electron chi connectivity index (χ2n) is 2.32. The van der Waals surface area contributed by atoms with Gasteiger partial charge in [0.1, 0.15) is 5.75 Å². The lowest BCUT2D eigenvalue weighted by Gasteiger charge is -2.11. The molecule has 14 heavy (non-hydrogen) atoms. The summed E-state index contributed by atoms with van der Waals surface area (Å²) in [6.45, 7) is 0. The molecule has 0 spiro atoms. The van der Waals surface area contributed by atoms with Gasteiger partial charge >= 0.3 is 6.36 Å². The molecule has 1 aromatic heterocycles. The first-order chi connectivity index (χ1) is 6.44. The molecule has 0 amide bonds. The number of aromatic hydroxyl groups is 1. The Hall–Kier alpha value is -0.980. The van der Waals surface area contributed by atoms with E-state index in [1.165, 1.54) is 0 Å². The van der Waals surface area contributed by atoms with Gasteiger partial charge in [-0.1, -0.05) is 15.9 Å². The molecule has 1 aromatic rings. The Balaban J connectivity index is 3.02. The SMILES string of the molecule is Oc1cncc(OC(F)(F)F)c1CBr. The van der Waals surface area contributed by atoms with Crippen molar-refractivity contribution in [2.75, 3.05) is 0 Å². The van der Waals surface area contributed by atoms with Gasteiger partial charge in [0.05, 0.1) is 18.0 Å². The third-order valence-electron chi connectivity index (χ3n) is 1.35. The molecule has 3 nitrogen and oxygen atoms in total. The third kappa shape index (κ3) is 2.76. The van der Waals surface area contributed by atoms with Gasteiger partial charge in [0.2, 0.25) is 0 Å². The van der Waals surface area contributed by atoms with Crippen LogP contribution in [-0.2, 0) is 5.33 Å². The minimum absolute atomic E-state index is 0.0114. The van der Waals surface area contributed by atoms with Crippen molar-refractivity contribution in [1.82, 2.24) is 4.98 Å². The molecule has 0 atom stereocenters. The molecule has 0 radical (unpaired) electrons. The zero-order chi connectivity index (χ0) is 10.8. The highest BCUT2D eigenvalue weighted by Crippen LogP contribution is 2.32. The van der Waals surface area contributed by atoms with Crippen molar-refractivity contribution >= 4 is 15.9 Å². The molecule has 0 aliphatic rings. The summed E-state index contributed by atoms with van der Waals surface area (Å²) >= 11 is 2.93. The number of pyridine rings is 1. The van der Waals surface area contributed by atoms with Crippen LogP contribution in [0.1, 0.15) is 5.56 Å². The van der Waals surface area contributed by atoms with Gasteiger partial charge in [-0.3, -0.25) is 4.98 Å². The largest absolute Gasteiger partial charge is 0.573 e. The van der Waals surface area contributed by atoms with E-state index in [1.54, 1.807) is 0 Å². The molecule has 0 aliphatic carbocycles. The molecule has 1 N–H and O–H groups in total. The maximum absolute atomic E-state index is 11.8. The third-order valence-corrected chi connectivity index (χ3v) is 1.92. The molecule has 0 unspecified atom stereocenters. The Kier molecular flexibility index (Phi) is 3.20. The summed E-state index contributed by atoms with van der Waals surface area (Å²) in [6.07, 6.45) is -2.85. The van der Waals surface area contributed by atoms with Crippen molar-refractivity contribution in [3.8, 4) is 11.5 Å². The molecule has 1 rings (SSSR count). The standard InChI is InChI=1S/C7H5BrF3NO2/c8-1-4-5(13)2-12-3-6(4)14-7(9,10)11/h2-3,13H,1H2. The van der Waals surface area contributed by atoms with E-state index in [1.807, 2.05) is 0 Å². The summed E-state index contributed by atoms with van der Waals surface area (Å²) in [5.41, 5.74) is 0.0114. The Labute approximate surface area is 85.7 Å². The van der Waals surface area contributed by atoms with Crippen LogP contribution in [0.15, 0.2) is 12.4 Å². The number of halogens is 4. The normalized spacial score (nSPS) is 11.4. The summed E-state index contributed by atoms with van der Waals surface area (Å²) in [5, 5.41) is 9.20. The molecule has 0 saturated heterocycles. The highest BCUT2D eigenvalue weighted by Gasteiger charge is 2.32. The van der Waals surface area contributed by atoms with Crippen molar-refractivity contribution < 1.29 is 23.0 Å². The van der Waals surface area contributed by atoms with E-state index in [2.05, 4.69) is 25.7 Å². The maximum atomic E-state index is 11.8. The first-order valence-electron chi connectivity index (χ1n) is 3.41. The summed E-state index contributed by atoms with van der Waals surface area (Å²) < 4.78 is 39.2. The fraction of sp³-hybridized carbons (Fsp3) is 0.286. The van der Waals surface area contributed by atoms with Gasteiger partial charge in [-0.15, -0.1) is 13.2 Å². The van der Waals surface area contributed by atoms with Gasteiger partial charge in [-0.25, -0.2) is 0 Å². The van der Waals surface area contributed by atoms with E-state index in [4.69, 9.17) is 5.11 Å². The first kappa shape index (κ1) is 11.1. The predicted molar refractivity (Wildman–Crippen MR) is 45.2 cm³/mol. The zero-order valence-electron chi connectivity index (χ0n) is 6.68. The van der Waals surface area contributed by atoms with Crippen LogP contribution in [0.3, 0.4) is 0 Å². The quantitative estimate of drug-likeness (QED) is 0.841. The van der Waals surface area contributed by atoms with Gasteiger partial charge in [-0.05, 0) is 0 Å². The van der Waals surface area contributed by atoms with Crippen LogP contribution in [0.5, 0.6) is 11.5 Å². The first-order valence-corrected chi connectivity index (χ1v) is 4.53. The Morgan fingerprint density at radius 3 is 2.57 bits per heavy atom. The molecule has 0 saturated carbocycles. The summed E-state index contributed by atoms with van der Waals surface area (Å²) in [4.78, 5) is 3.38. The Morgan fingerprint density at radius 2 is 2.07 bits per heavy atom. The topological polar surface area (TPSA) is 42.4 Å². The van der Waals surface area contributed by atoms with E-state index in [-0.39, 0.29) is 16.6 Å². The van der Waals surface area contributed by atoms with Crippen LogP contribution in [-0.4, -0.2) is 16.5 Å². The minimum atomic E-state index is -4.79. The van der Waals surface area contributed by atoms with E-state index in [0.717, 1.165) is 12.4 Å². The number of rotatable bonds is 2. The minimum Gasteiger partial charge on any atom is -0.506 e. The molecule has 0 fully saturated rings. The number of ether oxygens (including phenoxy) is 1.